The van der Waals surface area contributed by atoms with Crippen LogP contribution in [0.2, 0.25) is 0 Å². The molecule has 0 amide bonds. The van der Waals surface area contributed by atoms with Crippen LogP contribution in [0.15, 0.2) is 72.8 Å². The number of rotatable bonds is 16. The van der Waals surface area contributed by atoms with Crippen molar-refractivity contribution in [1.29, 1.82) is 0 Å². The Kier molecular flexibility index (Phi) is 12.5. The van der Waals surface area contributed by atoms with E-state index < -0.39 is 0 Å². The molecule has 0 bridgehead atoms. The zero-order chi connectivity index (χ0) is 28.7. The molecule has 0 saturated heterocycles. The molecular formula is C32H40N2O6. The lowest BCUT2D eigenvalue weighted by Crippen LogP contribution is -2.32. The van der Waals surface area contributed by atoms with Gasteiger partial charge in [-0.15, -0.1) is 0 Å². The molecule has 8 heteroatoms. The van der Waals surface area contributed by atoms with Gasteiger partial charge in [0.15, 0.2) is 0 Å². The van der Waals surface area contributed by atoms with Crippen molar-refractivity contribution in [2.75, 3.05) is 40.5 Å². The summed E-state index contributed by atoms with van der Waals surface area (Å²) in [6.07, 6.45) is 0. The normalized spacial score (nSPS) is 10.9. The van der Waals surface area contributed by atoms with Gasteiger partial charge in [-0.3, -0.25) is 19.4 Å². The third-order valence-corrected chi connectivity index (χ3v) is 6.35. The Balaban J connectivity index is 1.82. The summed E-state index contributed by atoms with van der Waals surface area (Å²) >= 11 is 0. The Morgan fingerprint density at radius 2 is 0.950 bits per heavy atom. The van der Waals surface area contributed by atoms with Crippen LogP contribution in [0.5, 0.6) is 11.5 Å². The first-order valence-corrected chi connectivity index (χ1v) is 13.5. The minimum atomic E-state index is -0.267. The van der Waals surface area contributed by atoms with Crippen molar-refractivity contribution in [2.24, 2.45) is 0 Å². The van der Waals surface area contributed by atoms with Crippen molar-refractivity contribution in [3.63, 3.8) is 0 Å². The summed E-state index contributed by atoms with van der Waals surface area (Å²) in [5.41, 5.74) is 4.27. The molecule has 0 fully saturated rings. The molecule has 0 heterocycles. The van der Waals surface area contributed by atoms with Gasteiger partial charge in [0.2, 0.25) is 0 Å². The molecule has 3 rings (SSSR count). The summed E-state index contributed by atoms with van der Waals surface area (Å²) in [5, 5.41) is 0. The monoisotopic (exact) mass is 548 g/mol. The Hall–Kier alpha value is -3.88. The number of benzene rings is 3. The highest BCUT2D eigenvalue weighted by molar-refractivity contribution is 5.72. The van der Waals surface area contributed by atoms with Crippen molar-refractivity contribution in [3.8, 4) is 11.5 Å². The van der Waals surface area contributed by atoms with Crippen LogP contribution in [0.25, 0.3) is 0 Å². The summed E-state index contributed by atoms with van der Waals surface area (Å²) in [6.45, 7) is 6.81. The van der Waals surface area contributed by atoms with E-state index in [-0.39, 0.29) is 25.0 Å². The summed E-state index contributed by atoms with van der Waals surface area (Å²) in [5.74, 6) is 1.03. The van der Waals surface area contributed by atoms with E-state index in [0.717, 1.165) is 33.8 Å². The molecule has 3 aromatic rings. The Bertz CT molecular complexity index is 1100. The lowest BCUT2D eigenvalue weighted by atomic mass is 10.1. The predicted octanol–water partition coefficient (Wildman–Crippen LogP) is 4.83. The molecule has 0 radical (unpaired) electrons. The minimum Gasteiger partial charge on any atom is -0.497 e. The van der Waals surface area contributed by atoms with Crippen LogP contribution in [0.1, 0.15) is 36.1 Å². The van der Waals surface area contributed by atoms with E-state index in [1.165, 1.54) is 0 Å². The molecular weight excluding hydrogens is 508 g/mol. The van der Waals surface area contributed by atoms with Gasteiger partial charge in [0.1, 0.15) is 11.5 Å². The largest absolute Gasteiger partial charge is 0.497 e. The Labute approximate surface area is 237 Å². The van der Waals surface area contributed by atoms with Gasteiger partial charge in [-0.05, 0) is 60.4 Å². The molecule has 0 aliphatic heterocycles. The number of ether oxygens (including phenoxy) is 4. The average molecular weight is 549 g/mol. The van der Waals surface area contributed by atoms with Gasteiger partial charge in [0.05, 0.1) is 40.5 Å². The molecule has 214 valence electrons. The first-order chi connectivity index (χ1) is 19.4. The standard InChI is InChI=1S/C32H40N2O6/c1-5-39-31(35)23-33(19-25-11-15-29(37-3)16-12-25)21-27-9-7-8-10-28(27)22-34(24-32(36)40-6-2)20-26-13-17-30(38-4)18-14-26/h7-18H,5-6,19-24H2,1-4H3. The van der Waals surface area contributed by atoms with Crippen molar-refractivity contribution in [2.45, 2.75) is 40.0 Å². The smallest absolute Gasteiger partial charge is 0.320 e. The highest BCUT2D eigenvalue weighted by atomic mass is 16.5. The van der Waals surface area contributed by atoms with E-state index in [0.29, 0.717) is 39.4 Å². The molecule has 3 aromatic carbocycles. The molecule has 0 unspecified atom stereocenters. The van der Waals surface area contributed by atoms with Gasteiger partial charge >= 0.3 is 11.9 Å². The van der Waals surface area contributed by atoms with Crippen LogP contribution >= 0.6 is 0 Å². The first-order valence-electron chi connectivity index (χ1n) is 13.5. The topological polar surface area (TPSA) is 77.5 Å². The molecule has 0 aromatic heterocycles. The van der Waals surface area contributed by atoms with Crippen molar-refractivity contribution < 1.29 is 28.5 Å². The maximum atomic E-state index is 12.5. The quantitative estimate of drug-likeness (QED) is 0.236. The average Bonchev–Trinajstić information content (AvgIpc) is 2.95. The molecule has 8 nitrogen and oxygen atoms in total. The highest BCUT2D eigenvalue weighted by Crippen LogP contribution is 2.20. The van der Waals surface area contributed by atoms with Crippen LogP contribution in [0.3, 0.4) is 0 Å². The fourth-order valence-corrected chi connectivity index (χ4v) is 4.44. The van der Waals surface area contributed by atoms with Crippen molar-refractivity contribution in [1.82, 2.24) is 9.80 Å². The van der Waals surface area contributed by atoms with Crippen LogP contribution in [0.4, 0.5) is 0 Å². The minimum absolute atomic E-state index is 0.159. The van der Waals surface area contributed by atoms with Gasteiger partial charge in [-0.1, -0.05) is 48.5 Å². The van der Waals surface area contributed by atoms with Gasteiger partial charge in [0, 0.05) is 26.2 Å². The number of carbonyl (C=O) groups excluding carboxylic acids is 2. The number of esters is 2. The zero-order valence-corrected chi connectivity index (χ0v) is 23.9. The van der Waals surface area contributed by atoms with E-state index in [1.807, 2.05) is 74.5 Å². The van der Waals surface area contributed by atoms with Gasteiger partial charge in [-0.25, -0.2) is 0 Å². The van der Waals surface area contributed by atoms with Crippen LogP contribution in [-0.4, -0.2) is 62.3 Å². The van der Waals surface area contributed by atoms with E-state index in [4.69, 9.17) is 18.9 Å². The molecule has 0 aliphatic rings. The van der Waals surface area contributed by atoms with Crippen LogP contribution < -0.4 is 9.47 Å². The molecule has 0 aliphatic carbocycles. The third-order valence-electron chi connectivity index (χ3n) is 6.35. The van der Waals surface area contributed by atoms with E-state index in [9.17, 15) is 9.59 Å². The molecule has 0 atom stereocenters. The number of hydrogen-bond acceptors (Lipinski definition) is 8. The molecule has 0 spiro atoms. The third kappa shape index (κ3) is 10.0. The van der Waals surface area contributed by atoms with Crippen molar-refractivity contribution >= 4 is 11.9 Å². The molecule has 40 heavy (non-hydrogen) atoms. The summed E-state index contributed by atoms with van der Waals surface area (Å²) in [7, 11) is 3.28. The summed E-state index contributed by atoms with van der Waals surface area (Å²) in [6, 6.07) is 23.8. The summed E-state index contributed by atoms with van der Waals surface area (Å²) < 4.78 is 21.1. The van der Waals surface area contributed by atoms with Crippen molar-refractivity contribution in [3.05, 3.63) is 95.1 Å². The van der Waals surface area contributed by atoms with E-state index in [1.54, 1.807) is 14.2 Å². The Morgan fingerprint density at radius 3 is 1.27 bits per heavy atom. The molecule has 0 N–H and O–H groups in total. The second-order valence-corrected chi connectivity index (χ2v) is 9.37. The first kappa shape index (κ1) is 30.7. The fraction of sp³-hybridized carbons (Fsp3) is 0.375. The van der Waals surface area contributed by atoms with Gasteiger partial charge in [0.25, 0.3) is 0 Å². The van der Waals surface area contributed by atoms with Gasteiger partial charge in [-0.2, -0.15) is 0 Å². The number of hydrogen-bond donors (Lipinski definition) is 0. The highest BCUT2D eigenvalue weighted by Gasteiger charge is 2.18. The van der Waals surface area contributed by atoms with Gasteiger partial charge < -0.3 is 18.9 Å². The number of carbonyl (C=O) groups is 2. The lowest BCUT2D eigenvalue weighted by Gasteiger charge is -2.26. The molecule has 0 saturated carbocycles. The fourth-order valence-electron chi connectivity index (χ4n) is 4.44. The van der Waals surface area contributed by atoms with Crippen LogP contribution in [0, 0.1) is 0 Å². The number of methoxy groups -OCH3 is 2. The summed E-state index contributed by atoms with van der Waals surface area (Å²) in [4.78, 5) is 29.1. The second-order valence-electron chi connectivity index (χ2n) is 9.37. The number of nitrogens with zero attached hydrogens (tertiary/aromatic N) is 2. The maximum Gasteiger partial charge on any atom is 0.320 e. The second kappa shape index (κ2) is 16.3. The SMILES string of the molecule is CCOC(=O)CN(Cc1ccc(OC)cc1)Cc1ccccc1CN(CC(=O)OCC)Cc1ccc(OC)cc1. The van der Waals surface area contributed by atoms with E-state index in [2.05, 4.69) is 21.9 Å². The Morgan fingerprint density at radius 1 is 0.575 bits per heavy atom. The van der Waals surface area contributed by atoms with Crippen LogP contribution in [-0.2, 0) is 45.2 Å². The maximum absolute atomic E-state index is 12.5. The zero-order valence-electron chi connectivity index (χ0n) is 23.9. The van der Waals surface area contributed by atoms with E-state index >= 15 is 0 Å². The lowest BCUT2D eigenvalue weighted by molar-refractivity contribution is -0.145. The predicted molar refractivity (Wildman–Crippen MR) is 154 cm³/mol.